The highest BCUT2D eigenvalue weighted by molar-refractivity contribution is 5.70. The van der Waals surface area contributed by atoms with Gasteiger partial charge in [0.05, 0.1) is 40.3 Å². The van der Waals surface area contributed by atoms with Gasteiger partial charge in [-0.15, -0.1) is 0 Å². The molecule has 2 unspecified atom stereocenters. The molecule has 0 aliphatic carbocycles. The molecule has 0 saturated carbocycles. The van der Waals surface area contributed by atoms with E-state index in [-0.39, 0.29) is 32.2 Å². The van der Waals surface area contributed by atoms with Crippen LogP contribution in [-0.2, 0) is 33.3 Å². The minimum atomic E-state index is -1.62. The van der Waals surface area contributed by atoms with Gasteiger partial charge in [-0.3, -0.25) is 9.59 Å². The van der Waals surface area contributed by atoms with Crippen molar-refractivity contribution in [3.63, 3.8) is 0 Å². The number of carboxylic acids is 1. The molecule has 101 heavy (non-hydrogen) atoms. The van der Waals surface area contributed by atoms with Crippen molar-refractivity contribution >= 4 is 17.9 Å². The van der Waals surface area contributed by atoms with E-state index in [4.69, 9.17) is 18.9 Å². The molecule has 0 aliphatic heterocycles. The fraction of sp³-hybridized carbons (Fsp3) is 0.815. The first-order chi connectivity index (χ1) is 49.6. The molecule has 9 nitrogen and oxygen atoms in total. The van der Waals surface area contributed by atoms with Crippen molar-refractivity contribution in [3.8, 4) is 0 Å². The summed E-state index contributed by atoms with van der Waals surface area (Å²) in [5, 5.41) is 11.9. The molecule has 0 heterocycles. The molecule has 0 saturated heterocycles. The van der Waals surface area contributed by atoms with Gasteiger partial charge in [-0.1, -0.05) is 407 Å². The number of esters is 2. The highest BCUT2D eigenvalue weighted by atomic mass is 16.7. The van der Waals surface area contributed by atoms with Gasteiger partial charge in [0.1, 0.15) is 13.2 Å². The molecule has 0 aromatic carbocycles. The van der Waals surface area contributed by atoms with Gasteiger partial charge in [-0.05, 0) is 89.9 Å². The molecular weight excluding hydrogens is 1250 g/mol. The summed E-state index contributed by atoms with van der Waals surface area (Å²) >= 11 is 0. The van der Waals surface area contributed by atoms with Gasteiger partial charge < -0.3 is 33.3 Å². The number of allylic oxidation sites excluding steroid dienone is 14. The summed E-state index contributed by atoms with van der Waals surface area (Å²) < 4.78 is 22.9. The number of hydrogen-bond acceptors (Lipinski definition) is 8. The summed E-state index contributed by atoms with van der Waals surface area (Å²) in [6.07, 6.45) is 110. The van der Waals surface area contributed by atoms with E-state index in [2.05, 4.69) is 98.9 Å². The maximum Gasteiger partial charge on any atom is 0.306 e. The first-order valence-electron chi connectivity index (χ1n) is 43.7. The van der Waals surface area contributed by atoms with E-state index >= 15 is 0 Å². The van der Waals surface area contributed by atoms with Crippen molar-refractivity contribution in [2.75, 3.05) is 47.5 Å². The predicted octanol–water partition coefficient (Wildman–Crippen LogP) is 27.2. The zero-order valence-corrected chi connectivity index (χ0v) is 67.5. The quantitative estimate of drug-likeness (QED) is 0.0195. The van der Waals surface area contributed by atoms with Crippen LogP contribution >= 0.6 is 0 Å². The van der Waals surface area contributed by atoms with Crippen LogP contribution in [0.2, 0.25) is 0 Å². The second-order valence-corrected chi connectivity index (χ2v) is 30.8. The van der Waals surface area contributed by atoms with Gasteiger partial charge in [0.2, 0.25) is 0 Å². The summed E-state index contributed by atoms with van der Waals surface area (Å²) in [7, 11) is 5.95. The van der Waals surface area contributed by atoms with Gasteiger partial charge in [-0.2, -0.15) is 0 Å². The third-order valence-corrected chi connectivity index (χ3v) is 19.6. The van der Waals surface area contributed by atoms with Crippen LogP contribution in [0.4, 0.5) is 0 Å². The fourth-order valence-electron chi connectivity index (χ4n) is 13.0. The topological polar surface area (TPSA) is 111 Å². The highest BCUT2D eigenvalue weighted by Gasteiger charge is 2.22. The number of hydrogen-bond donors (Lipinski definition) is 0. The van der Waals surface area contributed by atoms with E-state index in [1.807, 2.05) is 21.1 Å². The van der Waals surface area contributed by atoms with Crippen LogP contribution in [0.5, 0.6) is 0 Å². The van der Waals surface area contributed by atoms with Gasteiger partial charge in [0.15, 0.2) is 12.4 Å². The molecular formula is C92H167NO8. The predicted molar refractivity (Wildman–Crippen MR) is 435 cm³/mol. The number of aliphatic carboxylic acids is 1. The fourth-order valence-corrected chi connectivity index (χ4v) is 13.0. The second kappa shape index (κ2) is 82.1. The van der Waals surface area contributed by atoms with E-state index in [0.29, 0.717) is 17.4 Å². The summed E-state index contributed by atoms with van der Waals surface area (Å²) in [5.41, 5.74) is 0. The molecule has 2 atom stereocenters. The molecule has 588 valence electrons. The maximum absolute atomic E-state index is 13.0. The van der Waals surface area contributed by atoms with Crippen molar-refractivity contribution in [2.24, 2.45) is 0 Å². The zero-order chi connectivity index (χ0) is 73.2. The molecule has 0 spiro atoms. The van der Waals surface area contributed by atoms with Crippen molar-refractivity contribution in [2.45, 2.75) is 437 Å². The molecule has 0 radical (unpaired) electrons. The Hall–Kier alpha value is -3.53. The van der Waals surface area contributed by atoms with Gasteiger partial charge >= 0.3 is 11.9 Å². The van der Waals surface area contributed by atoms with E-state index in [0.717, 1.165) is 77.0 Å². The third-order valence-electron chi connectivity index (χ3n) is 19.6. The minimum Gasteiger partial charge on any atom is -0.545 e. The summed E-state index contributed by atoms with van der Waals surface area (Å²) in [5.74, 6) is -2.25. The lowest BCUT2D eigenvalue weighted by Gasteiger charge is -2.26. The number of quaternary nitrogens is 1. The van der Waals surface area contributed by atoms with E-state index in [1.54, 1.807) is 0 Å². The number of carbonyl (C=O) groups excluding carboxylic acids is 3. The average Bonchev–Trinajstić information content (AvgIpc) is 1.21. The Labute approximate surface area is 627 Å². The lowest BCUT2D eigenvalue weighted by molar-refractivity contribution is -0.870. The monoisotopic (exact) mass is 1410 g/mol. The SMILES string of the molecule is CC/C=C\C/C=C\C/C=C\C/C=C\CCCCCCCCCCCCCCCCCCCCCCCCCCCCC(=O)OC(COC(=O)CCCCCCCCCCCCCCCCCCCCCCCC/C=C\C/C=C\C/C=C\CCCCCCC)COC(OCC[N+](C)(C)C)C(=O)[O-]. The summed E-state index contributed by atoms with van der Waals surface area (Å²) in [6, 6.07) is 0. The largest absolute Gasteiger partial charge is 0.545 e. The number of ether oxygens (including phenoxy) is 4. The van der Waals surface area contributed by atoms with Crippen LogP contribution in [0.25, 0.3) is 0 Å². The molecule has 0 N–H and O–H groups in total. The molecule has 0 fully saturated rings. The lowest BCUT2D eigenvalue weighted by Crippen LogP contribution is -2.44. The van der Waals surface area contributed by atoms with Crippen molar-refractivity contribution in [3.05, 3.63) is 85.1 Å². The Kier molecular flexibility index (Phi) is 79.3. The highest BCUT2D eigenvalue weighted by Crippen LogP contribution is 2.20. The third kappa shape index (κ3) is 83.6. The lowest BCUT2D eigenvalue weighted by atomic mass is 10.0. The Morgan fingerprint density at radius 2 is 0.564 bits per heavy atom. The molecule has 9 heteroatoms. The normalized spacial score (nSPS) is 13.0. The van der Waals surface area contributed by atoms with Gasteiger partial charge in [0.25, 0.3) is 0 Å². The average molecular weight is 1420 g/mol. The van der Waals surface area contributed by atoms with Crippen LogP contribution in [0, 0.1) is 0 Å². The molecule has 0 aromatic rings. The smallest absolute Gasteiger partial charge is 0.306 e. The Morgan fingerprint density at radius 1 is 0.307 bits per heavy atom. The van der Waals surface area contributed by atoms with Gasteiger partial charge in [-0.25, -0.2) is 0 Å². The number of rotatable bonds is 82. The molecule has 0 aliphatic rings. The molecule has 0 rings (SSSR count). The van der Waals surface area contributed by atoms with Crippen LogP contribution < -0.4 is 5.11 Å². The number of carbonyl (C=O) groups is 3. The van der Waals surface area contributed by atoms with Crippen molar-refractivity contribution in [1.82, 2.24) is 0 Å². The van der Waals surface area contributed by atoms with Crippen molar-refractivity contribution < 1.29 is 42.9 Å². The van der Waals surface area contributed by atoms with Crippen LogP contribution in [0.15, 0.2) is 85.1 Å². The zero-order valence-electron chi connectivity index (χ0n) is 67.5. The van der Waals surface area contributed by atoms with E-state index in [1.165, 1.54) is 321 Å². The summed E-state index contributed by atoms with van der Waals surface area (Å²) in [6.45, 7) is 4.69. The Bertz CT molecular complexity index is 1940. The number of carboxylic acid groups (broad SMARTS) is 1. The van der Waals surface area contributed by atoms with E-state index in [9.17, 15) is 19.5 Å². The number of unbranched alkanes of at least 4 members (excludes halogenated alkanes) is 53. The first kappa shape index (κ1) is 97.5. The minimum absolute atomic E-state index is 0.149. The second-order valence-electron chi connectivity index (χ2n) is 30.8. The molecule has 0 aromatic heterocycles. The van der Waals surface area contributed by atoms with Crippen molar-refractivity contribution in [1.29, 1.82) is 0 Å². The maximum atomic E-state index is 13.0. The Balaban J connectivity index is 3.92. The summed E-state index contributed by atoms with van der Waals surface area (Å²) in [4.78, 5) is 37.7. The van der Waals surface area contributed by atoms with Gasteiger partial charge in [0, 0.05) is 12.8 Å². The number of likely N-dealkylation sites (N-methyl/N-ethyl adjacent to an activating group) is 1. The number of nitrogens with zero attached hydrogens (tertiary/aromatic N) is 1. The van der Waals surface area contributed by atoms with Crippen LogP contribution in [0.3, 0.4) is 0 Å². The standard InChI is InChI=1S/C92H167NO8/c1-6-8-10-12-14-16-18-20-22-24-26-28-30-32-34-36-38-40-42-44-45-47-49-51-53-55-57-59-61-63-65-67-69-71-73-75-77-79-81-83-90(95)101-88(87-100-92(91(96)97)98-85-84-93(3,4)5)86-99-89(94)82-80-78-76-74-72-70-68-66-64-62-60-58-56-54-52-50-48-46-43-41-39-37-35-33-31-29-27-25-23-21-19-17-15-13-11-9-7-2/h8,10,14,16,19-22,25-28,31,33,88,92H,6-7,9,11-13,15,17-18,23-24,29-30,32,34-87H2,1-5H3/b10-8-,16-14-,21-19-,22-20-,27-25-,28-26-,33-31-. The van der Waals surface area contributed by atoms with Crippen LogP contribution in [-0.4, -0.2) is 82.3 Å². The molecule has 0 bridgehead atoms. The van der Waals surface area contributed by atoms with E-state index < -0.39 is 24.3 Å². The first-order valence-corrected chi connectivity index (χ1v) is 43.7. The molecule has 0 amide bonds. The Morgan fingerprint density at radius 3 is 0.842 bits per heavy atom. The van der Waals surface area contributed by atoms with Crippen LogP contribution in [0.1, 0.15) is 425 Å².